The van der Waals surface area contributed by atoms with Gasteiger partial charge in [-0.25, -0.2) is 4.79 Å². The lowest BCUT2D eigenvalue weighted by Crippen LogP contribution is -2.38. The number of hydrogen-bond donors (Lipinski definition) is 2. The maximum Gasteiger partial charge on any atom is 0.410 e. The Balaban J connectivity index is 2.13. The fraction of sp³-hybridized carbons (Fsp3) is 0.625. The minimum Gasteiger partial charge on any atom is -0.444 e. The number of nitrogens with zero attached hydrogens (tertiary/aromatic N) is 2. The second kappa shape index (κ2) is 10.0. The number of aliphatic hydroxyl groups excluding tert-OH is 1. The van der Waals surface area contributed by atoms with Crippen molar-refractivity contribution in [3.63, 3.8) is 0 Å². The van der Waals surface area contributed by atoms with Gasteiger partial charge in [0.15, 0.2) is 0 Å². The molecule has 1 aromatic heterocycles. The van der Waals surface area contributed by atoms with Gasteiger partial charge >= 0.3 is 6.09 Å². The zero-order valence-electron chi connectivity index (χ0n) is 19.9. The van der Waals surface area contributed by atoms with Crippen LogP contribution in [0.3, 0.4) is 0 Å². The van der Waals surface area contributed by atoms with Gasteiger partial charge in [0.25, 0.3) is 0 Å². The molecule has 1 amide bonds. The molecule has 1 heterocycles. The molecule has 1 aromatic carbocycles. The summed E-state index contributed by atoms with van der Waals surface area (Å²) in [5, 5.41) is 14.6. The first-order valence-electron chi connectivity index (χ1n) is 10.8. The molecule has 0 aliphatic heterocycles. The molecule has 31 heavy (non-hydrogen) atoms. The lowest BCUT2D eigenvalue weighted by molar-refractivity contribution is 0.0264. The summed E-state index contributed by atoms with van der Waals surface area (Å²) in [6.45, 7) is 12.0. The average Bonchev–Trinajstić information content (AvgIpc) is 3.01. The van der Waals surface area contributed by atoms with Gasteiger partial charge in [-0.3, -0.25) is 9.71 Å². The molecule has 0 fully saturated rings. The molecule has 2 N–H and O–H groups in total. The number of alkyl halides is 1. The fourth-order valence-corrected chi connectivity index (χ4v) is 3.52. The number of amides is 1. The highest BCUT2D eigenvalue weighted by molar-refractivity contribution is 5.81. The number of ether oxygens (including phenoxy) is 1. The van der Waals surface area contributed by atoms with E-state index in [2.05, 4.69) is 9.88 Å². The highest BCUT2D eigenvalue weighted by Gasteiger charge is 2.23. The van der Waals surface area contributed by atoms with Crippen LogP contribution in [0.2, 0.25) is 0 Å². The number of rotatable bonds is 8. The number of benzene rings is 1. The van der Waals surface area contributed by atoms with E-state index in [-0.39, 0.29) is 11.5 Å². The van der Waals surface area contributed by atoms with Crippen molar-refractivity contribution < 1.29 is 19.0 Å². The largest absolute Gasteiger partial charge is 0.444 e. The minimum atomic E-state index is -0.755. The van der Waals surface area contributed by atoms with Crippen LogP contribution in [0.1, 0.15) is 59.8 Å². The van der Waals surface area contributed by atoms with Crippen molar-refractivity contribution in [1.82, 2.24) is 14.8 Å². The van der Waals surface area contributed by atoms with Gasteiger partial charge in [0.05, 0.1) is 6.67 Å². The summed E-state index contributed by atoms with van der Waals surface area (Å²) in [6, 6.07) is 7.83. The molecule has 174 valence electrons. The molecule has 6 nitrogen and oxygen atoms in total. The molecule has 0 aliphatic rings. The molecule has 0 saturated carbocycles. The predicted octanol–water partition coefficient (Wildman–Crippen LogP) is 4.86. The normalized spacial score (nSPS) is 14.5. The first-order valence-corrected chi connectivity index (χ1v) is 10.8. The Hall–Kier alpha value is -2.12. The van der Waals surface area contributed by atoms with Crippen LogP contribution in [0.4, 0.5) is 9.18 Å². The third kappa shape index (κ3) is 7.82. The molecular formula is C24H38FN3O3. The van der Waals surface area contributed by atoms with Crippen molar-refractivity contribution >= 4 is 17.0 Å². The Kier molecular flexibility index (Phi) is 8.11. The molecule has 2 atom stereocenters. The number of nitrogens with one attached hydrogen (secondary N) is 1. The highest BCUT2D eigenvalue weighted by atomic mass is 19.1. The Morgan fingerprint density at radius 3 is 2.48 bits per heavy atom. The van der Waals surface area contributed by atoms with Crippen molar-refractivity contribution in [2.45, 2.75) is 71.9 Å². The van der Waals surface area contributed by atoms with E-state index < -0.39 is 24.6 Å². The number of aliphatic hydroxyl groups is 1. The zero-order chi connectivity index (χ0) is 23.4. The van der Waals surface area contributed by atoms with E-state index in [0.29, 0.717) is 19.5 Å². The molecular weight excluding hydrogens is 397 g/mol. The Morgan fingerprint density at radius 2 is 1.90 bits per heavy atom. The van der Waals surface area contributed by atoms with Gasteiger partial charge in [-0.2, -0.15) is 0 Å². The third-order valence-corrected chi connectivity index (χ3v) is 4.89. The number of aromatic nitrogens is 1. The summed E-state index contributed by atoms with van der Waals surface area (Å²) >= 11 is 0. The Labute approximate surface area is 185 Å². The quantitative estimate of drug-likeness (QED) is 0.581. The van der Waals surface area contributed by atoms with Gasteiger partial charge in [-0.05, 0) is 83.0 Å². The summed E-state index contributed by atoms with van der Waals surface area (Å²) in [5.74, 6) is -0.0501. The van der Waals surface area contributed by atoms with E-state index in [4.69, 9.17) is 4.74 Å². The molecule has 2 unspecified atom stereocenters. The van der Waals surface area contributed by atoms with Crippen LogP contribution in [0.5, 0.6) is 0 Å². The van der Waals surface area contributed by atoms with Crippen LogP contribution < -0.4 is 5.32 Å². The Bertz CT molecular complexity index is 867. The molecule has 2 aromatic rings. The lowest BCUT2D eigenvalue weighted by Gasteiger charge is -2.28. The second-order valence-electron chi connectivity index (χ2n) is 10.3. The molecule has 0 bridgehead atoms. The van der Waals surface area contributed by atoms with Crippen LogP contribution in [0.15, 0.2) is 30.5 Å². The van der Waals surface area contributed by atoms with Gasteiger partial charge in [0.2, 0.25) is 0 Å². The molecule has 0 radical (unpaired) electrons. The summed E-state index contributed by atoms with van der Waals surface area (Å²) in [7, 11) is 1.68. The summed E-state index contributed by atoms with van der Waals surface area (Å²) in [4.78, 5) is 13.8. The summed E-state index contributed by atoms with van der Waals surface area (Å²) in [5.41, 5.74) is 1.03. The van der Waals surface area contributed by atoms with Crippen LogP contribution in [-0.2, 0) is 11.3 Å². The molecule has 0 spiro atoms. The first-order chi connectivity index (χ1) is 14.3. The highest BCUT2D eigenvalue weighted by Crippen LogP contribution is 2.24. The van der Waals surface area contributed by atoms with Crippen molar-refractivity contribution in [2.75, 3.05) is 20.3 Å². The van der Waals surface area contributed by atoms with E-state index in [1.807, 2.05) is 72.0 Å². The third-order valence-electron chi connectivity index (χ3n) is 4.89. The van der Waals surface area contributed by atoms with E-state index in [0.717, 1.165) is 16.5 Å². The van der Waals surface area contributed by atoms with E-state index in [1.165, 1.54) is 4.90 Å². The predicted molar refractivity (Wildman–Crippen MR) is 123 cm³/mol. The minimum absolute atomic E-state index is 0.0501. The van der Waals surface area contributed by atoms with Gasteiger partial charge in [0, 0.05) is 37.4 Å². The number of carbonyl (C=O) groups excluding carboxylic acids is 1. The van der Waals surface area contributed by atoms with E-state index in [1.54, 1.807) is 7.05 Å². The molecule has 0 saturated heterocycles. The fourth-order valence-electron chi connectivity index (χ4n) is 3.52. The zero-order valence-corrected chi connectivity index (χ0v) is 19.9. The van der Waals surface area contributed by atoms with Crippen molar-refractivity contribution in [3.05, 3.63) is 36.0 Å². The number of carbonyl (C=O) groups is 1. The smallest absolute Gasteiger partial charge is 0.410 e. The SMILES string of the molecule is CN(CC(CCF)Cn1ccc2cc(C(O)NC(C)(C)C)ccc21)C(=O)OC(C)(C)C. The van der Waals surface area contributed by atoms with Gasteiger partial charge in [-0.1, -0.05) is 6.07 Å². The maximum atomic E-state index is 13.2. The number of hydrogen-bond acceptors (Lipinski definition) is 4. The average molecular weight is 436 g/mol. The maximum absolute atomic E-state index is 13.2. The monoisotopic (exact) mass is 435 g/mol. The van der Waals surface area contributed by atoms with E-state index in [9.17, 15) is 14.3 Å². The number of fused-ring (bicyclic) bond motifs is 1. The van der Waals surface area contributed by atoms with Gasteiger partial charge in [0.1, 0.15) is 11.8 Å². The topological polar surface area (TPSA) is 66.7 Å². The first kappa shape index (κ1) is 25.1. The van der Waals surface area contributed by atoms with Crippen LogP contribution in [0.25, 0.3) is 10.9 Å². The summed E-state index contributed by atoms with van der Waals surface area (Å²) < 4.78 is 20.7. The van der Waals surface area contributed by atoms with E-state index >= 15 is 0 Å². The lowest BCUT2D eigenvalue weighted by atomic mass is 10.1. The van der Waals surface area contributed by atoms with Crippen molar-refractivity contribution in [2.24, 2.45) is 5.92 Å². The standard InChI is InChI=1S/C24H38FN3O3/c1-23(2,3)26-21(29)19-8-9-20-18(14-19)11-13-28(20)16-17(10-12-25)15-27(7)22(30)31-24(4,5)6/h8-9,11,13-14,17,21,26,29H,10,12,15-16H2,1-7H3. The summed E-state index contributed by atoms with van der Waals surface area (Å²) in [6.07, 6.45) is 1.17. The van der Waals surface area contributed by atoms with Crippen LogP contribution >= 0.6 is 0 Å². The molecule has 2 rings (SSSR count). The second-order valence-corrected chi connectivity index (χ2v) is 10.3. The molecule has 0 aliphatic carbocycles. The number of halogens is 1. The van der Waals surface area contributed by atoms with Gasteiger partial charge < -0.3 is 19.3 Å². The van der Waals surface area contributed by atoms with Crippen LogP contribution in [0, 0.1) is 5.92 Å². The molecule has 7 heteroatoms. The van der Waals surface area contributed by atoms with Crippen molar-refractivity contribution in [3.8, 4) is 0 Å². The Morgan fingerprint density at radius 1 is 1.23 bits per heavy atom. The van der Waals surface area contributed by atoms with Crippen molar-refractivity contribution in [1.29, 1.82) is 0 Å². The van der Waals surface area contributed by atoms with Gasteiger partial charge in [-0.15, -0.1) is 0 Å². The van der Waals surface area contributed by atoms with Crippen LogP contribution in [-0.4, -0.2) is 52.1 Å².